The fourth-order valence-electron chi connectivity index (χ4n) is 3.48. The van der Waals surface area contributed by atoms with Gasteiger partial charge in [0.1, 0.15) is 0 Å². The van der Waals surface area contributed by atoms with E-state index in [0.717, 1.165) is 37.9 Å². The molecule has 3 aromatic rings. The summed E-state index contributed by atoms with van der Waals surface area (Å²) >= 11 is 0. The van der Waals surface area contributed by atoms with Gasteiger partial charge in [-0.25, -0.2) is 4.68 Å². The number of carbonyl (C=O) groups excluding carboxylic acids is 2. The molecule has 4 rings (SSSR count). The number of likely N-dealkylation sites (tertiary alicyclic amines) is 1. The molecule has 0 saturated carbocycles. The third-order valence-electron chi connectivity index (χ3n) is 5.01. The predicted octanol–water partition coefficient (Wildman–Crippen LogP) is 3.20. The SMILES string of the molecule is O=C(Nc1ccccc1C(=O)N1CCCCC1)c1cn(Cc2ccccc2)nn1. The van der Waals surface area contributed by atoms with E-state index >= 15 is 0 Å². The number of hydrogen-bond acceptors (Lipinski definition) is 4. The van der Waals surface area contributed by atoms with Crippen LogP contribution in [-0.2, 0) is 6.54 Å². The Balaban J connectivity index is 1.47. The summed E-state index contributed by atoms with van der Waals surface area (Å²) < 4.78 is 1.62. The number of nitrogens with zero attached hydrogens (tertiary/aromatic N) is 4. The van der Waals surface area contributed by atoms with Crippen LogP contribution in [0.5, 0.6) is 0 Å². The summed E-state index contributed by atoms with van der Waals surface area (Å²) in [6.07, 6.45) is 4.80. The largest absolute Gasteiger partial charge is 0.339 e. The zero-order chi connectivity index (χ0) is 20.1. The Morgan fingerprint density at radius 1 is 0.931 bits per heavy atom. The van der Waals surface area contributed by atoms with Crippen molar-refractivity contribution in [3.63, 3.8) is 0 Å². The maximum Gasteiger partial charge on any atom is 0.277 e. The minimum atomic E-state index is -0.386. The first-order valence-corrected chi connectivity index (χ1v) is 9.84. The number of anilines is 1. The Kier molecular flexibility index (Phi) is 5.65. The fraction of sp³-hybridized carbons (Fsp3) is 0.273. The molecule has 1 saturated heterocycles. The van der Waals surface area contributed by atoms with E-state index in [9.17, 15) is 9.59 Å². The summed E-state index contributed by atoms with van der Waals surface area (Å²) in [5.41, 5.74) is 2.27. The van der Waals surface area contributed by atoms with E-state index in [1.165, 1.54) is 0 Å². The number of benzene rings is 2. The Labute approximate surface area is 169 Å². The van der Waals surface area contributed by atoms with Gasteiger partial charge in [-0.2, -0.15) is 0 Å². The van der Waals surface area contributed by atoms with E-state index < -0.39 is 0 Å². The van der Waals surface area contributed by atoms with Crippen molar-refractivity contribution in [2.24, 2.45) is 0 Å². The molecule has 7 heteroatoms. The molecule has 0 unspecified atom stereocenters. The lowest BCUT2D eigenvalue weighted by Crippen LogP contribution is -2.36. The number of piperidine rings is 1. The molecule has 2 heterocycles. The first kappa shape index (κ1) is 18.9. The maximum absolute atomic E-state index is 12.9. The van der Waals surface area contributed by atoms with E-state index in [-0.39, 0.29) is 17.5 Å². The Hall–Kier alpha value is -3.48. The number of nitrogens with one attached hydrogen (secondary N) is 1. The van der Waals surface area contributed by atoms with E-state index in [0.29, 0.717) is 17.8 Å². The van der Waals surface area contributed by atoms with Crippen molar-refractivity contribution in [2.45, 2.75) is 25.8 Å². The molecule has 0 bridgehead atoms. The molecule has 1 aliphatic rings. The van der Waals surface area contributed by atoms with Crippen molar-refractivity contribution >= 4 is 17.5 Å². The van der Waals surface area contributed by atoms with Crippen LogP contribution in [-0.4, -0.2) is 44.8 Å². The third-order valence-corrected chi connectivity index (χ3v) is 5.01. The van der Waals surface area contributed by atoms with Crippen LogP contribution in [0.25, 0.3) is 0 Å². The highest BCUT2D eigenvalue weighted by Crippen LogP contribution is 2.20. The van der Waals surface area contributed by atoms with E-state index in [4.69, 9.17) is 0 Å². The highest BCUT2D eigenvalue weighted by molar-refractivity contribution is 6.08. The molecule has 0 atom stereocenters. The molecule has 1 fully saturated rings. The second-order valence-electron chi connectivity index (χ2n) is 7.14. The van der Waals surface area contributed by atoms with Gasteiger partial charge in [0.25, 0.3) is 11.8 Å². The Morgan fingerprint density at radius 3 is 2.45 bits per heavy atom. The van der Waals surface area contributed by atoms with Gasteiger partial charge in [0, 0.05) is 13.1 Å². The first-order chi connectivity index (χ1) is 14.2. The van der Waals surface area contributed by atoms with Gasteiger partial charge in [-0.15, -0.1) is 5.10 Å². The third kappa shape index (κ3) is 4.51. The van der Waals surface area contributed by atoms with Crippen LogP contribution >= 0.6 is 0 Å². The van der Waals surface area contributed by atoms with Gasteiger partial charge < -0.3 is 10.2 Å². The minimum Gasteiger partial charge on any atom is -0.339 e. The maximum atomic E-state index is 12.9. The molecule has 148 valence electrons. The highest BCUT2D eigenvalue weighted by Gasteiger charge is 2.22. The monoisotopic (exact) mass is 389 g/mol. The van der Waals surface area contributed by atoms with E-state index in [2.05, 4.69) is 15.6 Å². The molecule has 29 heavy (non-hydrogen) atoms. The van der Waals surface area contributed by atoms with Gasteiger partial charge in [0.2, 0.25) is 0 Å². The Bertz CT molecular complexity index is 993. The molecule has 2 aromatic carbocycles. The zero-order valence-electron chi connectivity index (χ0n) is 16.1. The highest BCUT2D eigenvalue weighted by atomic mass is 16.2. The predicted molar refractivity (Wildman–Crippen MR) is 110 cm³/mol. The number of hydrogen-bond donors (Lipinski definition) is 1. The number of aromatic nitrogens is 3. The summed E-state index contributed by atoms with van der Waals surface area (Å²) in [6.45, 7) is 2.05. The molecule has 7 nitrogen and oxygen atoms in total. The van der Waals surface area contributed by atoms with Crippen molar-refractivity contribution < 1.29 is 9.59 Å². The summed E-state index contributed by atoms with van der Waals surface area (Å²) in [5.74, 6) is -0.434. The quantitative estimate of drug-likeness (QED) is 0.727. The second kappa shape index (κ2) is 8.68. The Morgan fingerprint density at radius 2 is 1.66 bits per heavy atom. The van der Waals surface area contributed by atoms with Crippen molar-refractivity contribution in [3.05, 3.63) is 77.6 Å². The van der Waals surface area contributed by atoms with Gasteiger partial charge in [0.05, 0.1) is 24.0 Å². The number of amides is 2. The molecule has 1 aromatic heterocycles. The molecule has 1 N–H and O–H groups in total. The summed E-state index contributed by atoms with van der Waals surface area (Å²) in [6, 6.07) is 16.9. The average Bonchev–Trinajstić information content (AvgIpc) is 3.24. The molecule has 0 spiro atoms. The number of para-hydroxylation sites is 1. The minimum absolute atomic E-state index is 0.0478. The molecular formula is C22H23N5O2. The lowest BCUT2D eigenvalue weighted by atomic mass is 10.1. The van der Waals surface area contributed by atoms with Crippen LogP contribution in [0, 0.1) is 0 Å². The molecule has 0 radical (unpaired) electrons. The van der Waals surface area contributed by atoms with Crippen LogP contribution in [0.2, 0.25) is 0 Å². The summed E-state index contributed by atoms with van der Waals surface area (Å²) in [4.78, 5) is 27.4. The molecule has 0 aliphatic carbocycles. The molecular weight excluding hydrogens is 366 g/mol. The van der Waals surface area contributed by atoms with Crippen LogP contribution in [0.15, 0.2) is 60.8 Å². The number of carbonyl (C=O) groups is 2. The van der Waals surface area contributed by atoms with Gasteiger partial charge in [-0.3, -0.25) is 9.59 Å². The van der Waals surface area contributed by atoms with Gasteiger partial charge in [-0.05, 0) is 37.0 Å². The second-order valence-corrected chi connectivity index (χ2v) is 7.14. The van der Waals surface area contributed by atoms with Crippen LogP contribution < -0.4 is 5.32 Å². The van der Waals surface area contributed by atoms with E-state index in [1.807, 2.05) is 41.3 Å². The smallest absolute Gasteiger partial charge is 0.277 e. The average molecular weight is 389 g/mol. The molecule has 2 amide bonds. The van der Waals surface area contributed by atoms with Crippen molar-refractivity contribution in [1.82, 2.24) is 19.9 Å². The summed E-state index contributed by atoms with van der Waals surface area (Å²) in [5, 5.41) is 10.8. The summed E-state index contributed by atoms with van der Waals surface area (Å²) in [7, 11) is 0. The fourth-order valence-corrected chi connectivity index (χ4v) is 3.48. The topological polar surface area (TPSA) is 80.1 Å². The van der Waals surface area contributed by atoms with Gasteiger partial charge in [-0.1, -0.05) is 47.7 Å². The molecule has 1 aliphatic heterocycles. The van der Waals surface area contributed by atoms with Crippen LogP contribution in [0.1, 0.15) is 45.7 Å². The van der Waals surface area contributed by atoms with Crippen molar-refractivity contribution in [2.75, 3.05) is 18.4 Å². The van der Waals surface area contributed by atoms with Crippen LogP contribution in [0.3, 0.4) is 0 Å². The number of rotatable bonds is 5. The first-order valence-electron chi connectivity index (χ1n) is 9.84. The standard InChI is InChI=1S/C22H23N5O2/c28-21(20-16-27(25-24-20)15-17-9-3-1-4-10-17)23-19-12-6-5-11-18(19)22(29)26-13-7-2-8-14-26/h1,3-6,9-12,16H,2,7-8,13-15H2,(H,23,28). The normalized spacial score (nSPS) is 13.9. The van der Waals surface area contributed by atoms with Gasteiger partial charge in [0.15, 0.2) is 5.69 Å². The van der Waals surface area contributed by atoms with Crippen molar-refractivity contribution in [3.8, 4) is 0 Å². The zero-order valence-corrected chi connectivity index (χ0v) is 16.1. The van der Waals surface area contributed by atoms with E-state index in [1.54, 1.807) is 29.1 Å². The van der Waals surface area contributed by atoms with Crippen molar-refractivity contribution in [1.29, 1.82) is 0 Å². The lowest BCUT2D eigenvalue weighted by Gasteiger charge is -2.27. The lowest BCUT2D eigenvalue weighted by molar-refractivity contribution is 0.0725. The van der Waals surface area contributed by atoms with Gasteiger partial charge >= 0.3 is 0 Å². The van der Waals surface area contributed by atoms with Crippen LogP contribution in [0.4, 0.5) is 5.69 Å².